The molecule has 0 saturated heterocycles. The van der Waals surface area contributed by atoms with Gasteiger partial charge in [0.1, 0.15) is 0 Å². The molecule has 0 amide bonds. The van der Waals surface area contributed by atoms with Gasteiger partial charge < -0.3 is 10.5 Å². The maximum atomic E-state index is 10.6. The Morgan fingerprint density at radius 3 is 2.70 bits per heavy atom. The van der Waals surface area contributed by atoms with Crippen LogP contribution in [0, 0.1) is 0 Å². The molecule has 0 aromatic heterocycles. The van der Waals surface area contributed by atoms with E-state index in [-0.39, 0.29) is 12.0 Å². The second kappa shape index (κ2) is 5.23. The molecular formula is C7H15NO2. The minimum Gasteiger partial charge on any atom is -0.469 e. The number of nitrogens with two attached hydrogens (primary N) is 1. The third kappa shape index (κ3) is 4.32. The van der Waals surface area contributed by atoms with Gasteiger partial charge in [-0.15, -0.1) is 0 Å². The molecule has 0 spiro atoms. The van der Waals surface area contributed by atoms with Crippen LogP contribution in [0.4, 0.5) is 0 Å². The first-order valence-electron chi connectivity index (χ1n) is 3.53. The van der Waals surface area contributed by atoms with E-state index in [9.17, 15) is 4.79 Å². The highest BCUT2D eigenvalue weighted by Gasteiger charge is 2.03. The Morgan fingerprint density at radius 1 is 1.70 bits per heavy atom. The van der Waals surface area contributed by atoms with Crippen LogP contribution in [0.25, 0.3) is 0 Å². The lowest BCUT2D eigenvalue weighted by Gasteiger charge is -2.05. The first kappa shape index (κ1) is 9.43. The van der Waals surface area contributed by atoms with Crippen LogP contribution in [0.1, 0.15) is 26.2 Å². The molecule has 0 fully saturated rings. The van der Waals surface area contributed by atoms with Crippen LogP contribution >= 0.6 is 0 Å². The average Bonchev–Trinajstić information content (AvgIpc) is 1.99. The molecule has 0 radical (unpaired) electrons. The third-order valence-electron chi connectivity index (χ3n) is 1.47. The molecule has 0 bridgehead atoms. The molecule has 0 aromatic carbocycles. The van der Waals surface area contributed by atoms with Crippen LogP contribution in [-0.4, -0.2) is 19.1 Å². The number of hydrogen-bond acceptors (Lipinski definition) is 3. The summed E-state index contributed by atoms with van der Waals surface area (Å²) >= 11 is 0. The van der Waals surface area contributed by atoms with E-state index < -0.39 is 0 Å². The van der Waals surface area contributed by atoms with Crippen molar-refractivity contribution >= 4 is 5.97 Å². The predicted octanol–water partition coefficient (Wildman–Crippen LogP) is 0.677. The van der Waals surface area contributed by atoms with Gasteiger partial charge in [-0.3, -0.25) is 4.79 Å². The van der Waals surface area contributed by atoms with Gasteiger partial charge in [-0.1, -0.05) is 6.92 Å². The van der Waals surface area contributed by atoms with Crippen LogP contribution in [0.3, 0.4) is 0 Å². The highest BCUT2D eigenvalue weighted by molar-refractivity contribution is 5.69. The molecule has 0 saturated carbocycles. The van der Waals surface area contributed by atoms with Gasteiger partial charge in [0.2, 0.25) is 0 Å². The predicted molar refractivity (Wildman–Crippen MR) is 39.5 cm³/mol. The highest BCUT2D eigenvalue weighted by atomic mass is 16.5. The Bertz CT molecular complexity index is 104. The van der Waals surface area contributed by atoms with Gasteiger partial charge in [0.25, 0.3) is 0 Å². The number of esters is 1. The summed E-state index contributed by atoms with van der Waals surface area (Å²) in [6.45, 7) is 2.00. The average molecular weight is 145 g/mol. The number of hydrogen-bond donors (Lipinski definition) is 1. The molecule has 3 heteroatoms. The first-order valence-corrected chi connectivity index (χ1v) is 3.53. The molecule has 10 heavy (non-hydrogen) atoms. The molecule has 0 rings (SSSR count). The summed E-state index contributed by atoms with van der Waals surface area (Å²) in [4.78, 5) is 10.6. The molecule has 0 aliphatic rings. The van der Waals surface area contributed by atoms with E-state index in [1.165, 1.54) is 7.11 Å². The summed E-state index contributed by atoms with van der Waals surface area (Å²) in [6, 6.07) is 0.138. The molecule has 0 aromatic rings. The van der Waals surface area contributed by atoms with Crippen LogP contribution in [0.2, 0.25) is 0 Å². The summed E-state index contributed by atoms with van der Waals surface area (Å²) in [5, 5.41) is 0. The third-order valence-corrected chi connectivity index (χ3v) is 1.47. The summed E-state index contributed by atoms with van der Waals surface area (Å²) in [5.74, 6) is -0.177. The Hall–Kier alpha value is -0.570. The van der Waals surface area contributed by atoms with E-state index in [0.717, 1.165) is 12.8 Å². The maximum absolute atomic E-state index is 10.6. The minimum absolute atomic E-state index is 0.138. The monoisotopic (exact) mass is 145 g/mol. The quantitative estimate of drug-likeness (QED) is 0.592. The fraction of sp³-hybridized carbons (Fsp3) is 0.857. The molecule has 1 atom stereocenters. The second-order valence-corrected chi connectivity index (χ2v) is 2.28. The van der Waals surface area contributed by atoms with Gasteiger partial charge >= 0.3 is 5.97 Å². The smallest absolute Gasteiger partial charge is 0.305 e. The Morgan fingerprint density at radius 2 is 2.30 bits per heavy atom. The van der Waals surface area contributed by atoms with Crippen molar-refractivity contribution in [2.45, 2.75) is 32.2 Å². The summed E-state index contributed by atoms with van der Waals surface area (Å²) < 4.78 is 4.45. The van der Waals surface area contributed by atoms with Crippen molar-refractivity contribution in [2.24, 2.45) is 5.73 Å². The van der Waals surface area contributed by atoms with Gasteiger partial charge in [0, 0.05) is 12.5 Å². The molecule has 60 valence electrons. The normalized spacial score (nSPS) is 12.7. The standard InChI is InChI=1S/C7H15NO2/c1-3-6(8)4-5-7(9)10-2/h6H,3-5,8H2,1-2H3/t6-/m0/s1. The van der Waals surface area contributed by atoms with Gasteiger partial charge in [-0.25, -0.2) is 0 Å². The zero-order valence-corrected chi connectivity index (χ0v) is 6.59. The lowest BCUT2D eigenvalue weighted by atomic mass is 10.1. The fourth-order valence-electron chi connectivity index (χ4n) is 0.609. The van der Waals surface area contributed by atoms with Crippen LogP contribution < -0.4 is 5.73 Å². The van der Waals surface area contributed by atoms with Crippen molar-refractivity contribution in [1.82, 2.24) is 0 Å². The van der Waals surface area contributed by atoms with E-state index >= 15 is 0 Å². The number of methoxy groups -OCH3 is 1. The largest absolute Gasteiger partial charge is 0.469 e. The van der Waals surface area contributed by atoms with E-state index in [0.29, 0.717) is 6.42 Å². The van der Waals surface area contributed by atoms with Crippen LogP contribution in [0.15, 0.2) is 0 Å². The van der Waals surface area contributed by atoms with Crippen molar-refractivity contribution in [2.75, 3.05) is 7.11 Å². The fourth-order valence-corrected chi connectivity index (χ4v) is 0.609. The van der Waals surface area contributed by atoms with Crippen molar-refractivity contribution in [3.63, 3.8) is 0 Å². The zero-order valence-electron chi connectivity index (χ0n) is 6.59. The van der Waals surface area contributed by atoms with E-state index in [1.807, 2.05) is 6.92 Å². The molecule has 0 aliphatic heterocycles. The topological polar surface area (TPSA) is 52.3 Å². The number of ether oxygens (including phenoxy) is 1. The molecule has 0 aliphatic carbocycles. The van der Waals surface area contributed by atoms with Crippen molar-refractivity contribution < 1.29 is 9.53 Å². The molecule has 0 heterocycles. The van der Waals surface area contributed by atoms with Gasteiger partial charge in [-0.2, -0.15) is 0 Å². The van der Waals surface area contributed by atoms with Crippen LogP contribution in [-0.2, 0) is 9.53 Å². The van der Waals surface area contributed by atoms with Crippen molar-refractivity contribution in [1.29, 1.82) is 0 Å². The van der Waals surface area contributed by atoms with Gasteiger partial charge in [0.05, 0.1) is 7.11 Å². The van der Waals surface area contributed by atoms with E-state index in [2.05, 4.69) is 4.74 Å². The second-order valence-electron chi connectivity index (χ2n) is 2.28. The van der Waals surface area contributed by atoms with Crippen molar-refractivity contribution in [3.05, 3.63) is 0 Å². The van der Waals surface area contributed by atoms with Crippen LogP contribution in [0.5, 0.6) is 0 Å². The lowest BCUT2D eigenvalue weighted by molar-refractivity contribution is -0.140. The summed E-state index contributed by atoms with van der Waals surface area (Å²) in [5.41, 5.74) is 5.57. The highest BCUT2D eigenvalue weighted by Crippen LogP contribution is 1.98. The minimum atomic E-state index is -0.177. The molecule has 2 N–H and O–H groups in total. The summed E-state index contributed by atoms with van der Waals surface area (Å²) in [7, 11) is 1.39. The Labute approximate surface area is 61.5 Å². The Balaban J connectivity index is 3.26. The van der Waals surface area contributed by atoms with Gasteiger partial charge in [-0.05, 0) is 12.8 Å². The maximum Gasteiger partial charge on any atom is 0.305 e. The molecule has 3 nitrogen and oxygen atoms in total. The number of carbonyl (C=O) groups is 1. The number of rotatable bonds is 4. The van der Waals surface area contributed by atoms with Gasteiger partial charge in [0.15, 0.2) is 0 Å². The lowest BCUT2D eigenvalue weighted by Crippen LogP contribution is -2.19. The van der Waals surface area contributed by atoms with E-state index in [4.69, 9.17) is 5.73 Å². The number of carbonyl (C=O) groups excluding carboxylic acids is 1. The zero-order chi connectivity index (χ0) is 7.98. The first-order chi connectivity index (χ1) is 4.70. The van der Waals surface area contributed by atoms with E-state index in [1.54, 1.807) is 0 Å². The van der Waals surface area contributed by atoms with Crippen molar-refractivity contribution in [3.8, 4) is 0 Å². The molecular weight excluding hydrogens is 130 g/mol. The summed E-state index contributed by atoms with van der Waals surface area (Å²) in [6.07, 6.45) is 2.08. The Kier molecular flexibility index (Phi) is 4.94. The SMILES string of the molecule is CC[C@H](N)CCC(=O)OC. The molecule has 0 unspecified atom stereocenters.